The van der Waals surface area contributed by atoms with Gasteiger partial charge in [-0.2, -0.15) is 0 Å². The van der Waals surface area contributed by atoms with Crippen LogP contribution >= 0.6 is 0 Å². The van der Waals surface area contributed by atoms with E-state index in [1.807, 2.05) is 42.5 Å². The summed E-state index contributed by atoms with van der Waals surface area (Å²) >= 11 is 0. The molecule has 2 heterocycles. The lowest BCUT2D eigenvalue weighted by Crippen LogP contribution is -2.58. The minimum atomic E-state index is -1.17. The van der Waals surface area contributed by atoms with Gasteiger partial charge in [-0.1, -0.05) is 36.4 Å². The molecule has 1 saturated heterocycles. The van der Waals surface area contributed by atoms with Crippen LogP contribution in [-0.2, 0) is 32.0 Å². The van der Waals surface area contributed by atoms with Gasteiger partial charge < -0.3 is 25.4 Å². The Hall–Kier alpha value is -3.72. The number of alkyl carbamates (subject to hydrolysis) is 1. The number of hydrogen-bond donors (Lipinski definition) is 2. The third-order valence-corrected chi connectivity index (χ3v) is 7.32. The molecule has 0 radical (unpaired) electrons. The summed E-state index contributed by atoms with van der Waals surface area (Å²) in [5.41, 5.74) is 8.30. The number of nitrogens with one attached hydrogen (secondary N) is 1. The Morgan fingerprint density at radius 3 is 2.33 bits per heavy atom. The molecule has 0 unspecified atom stereocenters. The predicted octanol–water partition coefficient (Wildman–Crippen LogP) is 3.62. The Kier molecular flexibility index (Phi) is 8.11. The Morgan fingerprint density at radius 2 is 1.72 bits per heavy atom. The van der Waals surface area contributed by atoms with E-state index < -0.39 is 29.1 Å². The van der Waals surface area contributed by atoms with E-state index in [-0.39, 0.29) is 24.5 Å². The fourth-order valence-electron chi connectivity index (χ4n) is 5.13. The number of fused-ring (bicyclic) bond motifs is 1. The number of hydrogen-bond acceptors (Lipinski definition) is 6. The van der Waals surface area contributed by atoms with Crippen molar-refractivity contribution >= 4 is 23.7 Å². The third-order valence-electron chi connectivity index (χ3n) is 7.32. The number of ketones is 1. The number of nitrogens with zero attached hydrogens (tertiary/aromatic N) is 1. The number of nitrogens with two attached hydrogens (primary N) is 1. The molecule has 3 amide bonds. The Labute approximate surface area is 229 Å². The number of Topliss-reactive ketones (excluding diaryl/α,β-unsaturated/α-hetero) is 1. The van der Waals surface area contributed by atoms with Gasteiger partial charge in [0.15, 0.2) is 5.78 Å². The number of amides is 3. The van der Waals surface area contributed by atoms with Crippen molar-refractivity contribution in [3.05, 3.63) is 59.2 Å². The maximum atomic E-state index is 13.5. The van der Waals surface area contributed by atoms with Crippen molar-refractivity contribution in [2.75, 3.05) is 20.3 Å². The monoisotopic (exact) mass is 535 g/mol. The number of primary amides is 1. The molecule has 208 valence electrons. The van der Waals surface area contributed by atoms with Gasteiger partial charge in [0.1, 0.15) is 11.1 Å². The summed E-state index contributed by atoms with van der Waals surface area (Å²) in [5.74, 6) is -1.56. The number of carbonyl (C=O) groups is 4. The summed E-state index contributed by atoms with van der Waals surface area (Å²) in [5, 5.41) is 2.78. The van der Waals surface area contributed by atoms with Crippen molar-refractivity contribution in [3.8, 4) is 11.1 Å². The third kappa shape index (κ3) is 6.65. The highest BCUT2D eigenvalue weighted by Crippen LogP contribution is 2.30. The summed E-state index contributed by atoms with van der Waals surface area (Å²) < 4.78 is 10.8. The fourth-order valence-corrected chi connectivity index (χ4v) is 5.13. The molecule has 0 aliphatic carbocycles. The highest BCUT2D eigenvalue weighted by molar-refractivity contribution is 5.99. The van der Waals surface area contributed by atoms with Crippen LogP contribution in [0.5, 0.6) is 0 Å². The van der Waals surface area contributed by atoms with Crippen molar-refractivity contribution < 1.29 is 28.7 Å². The number of rotatable bonds is 8. The summed E-state index contributed by atoms with van der Waals surface area (Å²) in [6.45, 7) is 6.50. The van der Waals surface area contributed by atoms with Crippen LogP contribution < -0.4 is 11.1 Å². The van der Waals surface area contributed by atoms with Crippen LogP contribution in [0.2, 0.25) is 0 Å². The van der Waals surface area contributed by atoms with Crippen LogP contribution in [0.3, 0.4) is 0 Å². The van der Waals surface area contributed by atoms with Gasteiger partial charge in [-0.25, -0.2) is 4.79 Å². The molecule has 0 aromatic heterocycles. The molecule has 3 N–H and O–H groups in total. The molecule has 2 aromatic rings. The molecule has 0 bridgehead atoms. The summed E-state index contributed by atoms with van der Waals surface area (Å²) in [4.78, 5) is 52.6. The average Bonchev–Trinajstić information content (AvgIpc) is 3.16. The molecule has 39 heavy (non-hydrogen) atoms. The van der Waals surface area contributed by atoms with Crippen molar-refractivity contribution in [1.29, 1.82) is 0 Å². The standard InChI is InChI=1S/C30H37N3O6/c1-29(2,3)39-28(37)32-30(11-13-38-14-12-30)25(34)17-23(26(31)35)15-19-5-7-20(8-6-19)21-9-10-22-18-33(4)27(36)24(22)16-21/h5-10,16,23H,11-15,17-18H2,1-4H3,(H2,31,35)(H,32,37)/t23-/m1/s1. The lowest BCUT2D eigenvalue weighted by atomic mass is 9.80. The van der Waals surface area contributed by atoms with Gasteiger partial charge in [0.05, 0.1) is 0 Å². The first-order valence-electron chi connectivity index (χ1n) is 13.3. The van der Waals surface area contributed by atoms with Gasteiger partial charge in [0.2, 0.25) is 5.91 Å². The lowest BCUT2D eigenvalue weighted by molar-refractivity contribution is -0.133. The van der Waals surface area contributed by atoms with E-state index in [2.05, 4.69) is 5.32 Å². The second-order valence-electron chi connectivity index (χ2n) is 11.5. The molecule has 2 aliphatic rings. The van der Waals surface area contributed by atoms with E-state index in [1.54, 1.807) is 32.7 Å². The van der Waals surface area contributed by atoms with E-state index in [4.69, 9.17) is 15.2 Å². The summed E-state index contributed by atoms with van der Waals surface area (Å²) in [6.07, 6.45) is 0.0967. The largest absolute Gasteiger partial charge is 0.444 e. The van der Waals surface area contributed by atoms with E-state index >= 15 is 0 Å². The normalized spacial score (nSPS) is 17.3. The zero-order valence-corrected chi connectivity index (χ0v) is 23.0. The summed E-state index contributed by atoms with van der Waals surface area (Å²) in [7, 11) is 1.79. The van der Waals surface area contributed by atoms with Gasteiger partial charge >= 0.3 is 6.09 Å². The van der Waals surface area contributed by atoms with Gasteiger partial charge in [-0.3, -0.25) is 14.4 Å². The zero-order chi connectivity index (χ0) is 28.4. The zero-order valence-electron chi connectivity index (χ0n) is 23.0. The minimum absolute atomic E-state index is 0.0147. The van der Waals surface area contributed by atoms with Crippen LogP contribution in [0.1, 0.15) is 61.5 Å². The first kappa shape index (κ1) is 28.3. The lowest BCUT2D eigenvalue weighted by Gasteiger charge is -2.37. The van der Waals surface area contributed by atoms with E-state index in [9.17, 15) is 19.2 Å². The van der Waals surface area contributed by atoms with Crippen LogP contribution in [0.15, 0.2) is 42.5 Å². The molecule has 0 spiro atoms. The Morgan fingerprint density at radius 1 is 1.08 bits per heavy atom. The van der Waals surface area contributed by atoms with Crippen molar-refractivity contribution in [2.24, 2.45) is 11.7 Å². The molecule has 1 fully saturated rings. The molecule has 1 atom stereocenters. The number of benzene rings is 2. The second kappa shape index (κ2) is 11.2. The van der Waals surface area contributed by atoms with Crippen LogP contribution in [-0.4, -0.2) is 60.0 Å². The second-order valence-corrected chi connectivity index (χ2v) is 11.5. The average molecular weight is 536 g/mol. The van der Waals surface area contributed by atoms with E-state index in [0.717, 1.165) is 22.3 Å². The van der Waals surface area contributed by atoms with Gasteiger partial charge in [-0.15, -0.1) is 0 Å². The van der Waals surface area contributed by atoms with Crippen molar-refractivity contribution in [1.82, 2.24) is 10.2 Å². The topological polar surface area (TPSA) is 128 Å². The molecule has 0 saturated carbocycles. The molecular weight excluding hydrogens is 498 g/mol. The smallest absolute Gasteiger partial charge is 0.408 e. The highest BCUT2D eigenvalue weighted by Gasteiger charge is 2.43. The number of carbonyl (C=O) groups excluding carboxylic acids is 4. The van der Waals surface area contributed by atoms with Crippen molar-refractivity contribution in [3.63, 3.8) is 0 Å². The Bertz CT molecular complexity index is 1260. The van der Waals surface area contributed by atoms with Crippen LogP contribution in [0.25, 0.3) is 11.1 Å². The maximum Gasteiger partial charge on any atom is 0.408 e. The number of ether oxygens (including phenoxy) is 2. The fraction of sp³-hybridized carbons (Fsp3) is 0.467. The maximum absolute atomic E-state index is 13.5. The van der Waals surface area contributed by atoms with Crippen molar-refractivity contribution in [2.45, 2.75) is 64.1 Å². The molecule has 9 heteroatoms. The predicted molar refractivity (Wildman–Crippen MR) is 146 cm³/mol. The molecule has 2 aliphatic heterocycles. The molecular formula is C30H37N3O6. The van der Waals surface area contributed by atoms with Gasteiger partial charge in [-0.05, 0) is 55.5 Å². The quantitative estimate of drug-likeness (QED) is 0.531. The summed E-state index contributed by atoms with van der Waals surface area (Å²) in [6, 6.07) is 13.6. The molecule has 9 nitrogen and oxygen atoms in total. The Balaban J connectivity index is 1.46. The minimum Gasteiger partial charge on any atom is -0.444 e. The van der Waals surface area contributed by atoms with E-state index in [0.29, 0.717) is 38.2 Å². The first-order chi connectivity index (χ1) is 18.4. The molecule has 2 aromatic carbocycles. The van der Waals surface area contributed by atoms with Gasteiger partial charge in [0, 0.05) is 57.6 Å². The highest BCUT2D eigenvalue weighted by atomic mass is 16.6. The van der Waals surface area contributed by atoms with Crippen LogP contribution in [0, 0.1) is 5.92 Å². The van der Waals surface area contributed by atoms with E-state index in [1.165, 1.54) is 0 Å². The van der Waals surface area contributed by atoms with Crippen LogP contribution in [0.4, 0.5) is 4.79 Å². The van der Waals surface area contributed by atoms with Gasteiger partial charge in [0.25, 0.3) is 5.91 Å². The molecule has 4 rings (SSSR count). The first-order valence-corrected chi connectivity index (χ1v) is 13.3. The SMILES string of the molecule is CN1Cc2ccc(-c3ccc(C[C@H](CC(=O)C4(NC(=O)OC(C)(C)C)CCOCC4)C(N)=O)cc3)cc2C1=O.